The Labute approximate surface area is 201 Å². The molecule has 0 amide bonds. The maximum absolute atomic E-state index is 13.1. The number of sulfonamides is 1. The van der Waals surface area contributed by atoms with Crippen molar-refractivity contribution in [2.45, 2.75) is 15.5 Å². The minimum absolute atomic E-state index is 0.131. The van der Waals surface area contributed by atoms with E-state index in [0.717, 1.165) is 21.6 Å². The molecule has 9 heteroatoms. The Morgan fingerprint density at radius 2 is 1.85 bits per heavy atom. The predicted octanol–water partition coefficient (Wildman–Crippen LogP) is 5.09. The Hall–Kier alpha value is -3.87. The van der Waals surface area contributed by atoms with Gasteiger partial charge in [0, 0.05) is 23.5 Å². The highest BCUT2D eigenvalue weighted by Gasteiger charge is 2.19. The highest BCUT2D eigenvalue weighted by Crippen LogP contribution is 2.28. The molecule has 0 saturated heterocycles. The van der Waals surface area contributed by atoms with Crippen LogP contribution >= 0.6 is 11.8 Å². The summed E-state index contributed by atoms with van der Waals surface area (Å²) in [5, 5.41) is 9.70. The number of pyridine rings is 1. The van der Waals surface area contributed by atoms with Crippen molar-refractivity contribution >= 4 is 49.4 Å². The first kappa shape index (κ1) is 21.9. The summed E-state index contributed by atoms with van der Waals surface area (Å²) in [5.74, 6) is 1.50. The molecule has 1 N–H and O–H groups in total. The van der Waals surface area contributed by atoms with E-state index in [-0.39, 0.29) is 4.90 Å². The summed E-state index contributed by atoms with van der Waals surface area (Å²) in [4.78, 5) is 10.1. The highest BCUT2D eigenvalue weighted by atomic mass is 32.2. The maximum atomic E-state index is 13.1. The standard InChI is InChI=1S/C25H19N5O2S2/c1-30-22-12-9-19(29-34(31,32)23-6-2-4-18-5-3-13-27-25(18)23)14-21(22)28-24(30)16-33-20-10-7-17(15-26)8-11-20/h2-14,29H,16H2,1H3. The van der Waals surface area contributed by atoms with Crippen molar-refractivity contribution in [3.05, 3.63) is 90.4 Å². The number of imidazole rings is 1. The van der Waals surface area contributed by atoms with Crippen molar-refractivity contribution in [2.75, 3.05) is 4.72 Å². The van der Waals surface area contributed by atoms with Crippen LogP contribution in [0.25, 0.3) is 21.9 Å². The number of para-hydroxylation sites is 1. The Morgan fingerprint density at radius 1 is 1.06 bits per heavy atom. The normalized spacial score (nSPS) is 11.5. The Morgan fingerprint density at radius 3 is 2.65 bits per heavy atom. The van der Waals surface area contributed by atoms with Gasteiger partial charge in [-0.1, -0.05) is 18.2 Å². The van der Waals surface area contributed by atoms with Crippen LogP contribution in [0.2, 0.25) is 0 Å². The number of aryl methyl sites for hydroxylation is 1. The molecule has 7 nitrogen and oxygen atoms in total. The predicted molar refractivity (Wildman–Crippen MR) is 134 cm³/mol. The lowest BCUT2D eigenvalue weighted by molar-refractivity contribution is 0.602. The summed E-state index contributed by atoms with van der Waals surface area (Å²) in [6, 6.07) is 23.6. The summed E-state index contributed by atoms with van der Waals surface area (Å²) >= 11 is 1.62. The van der Waals surface area contributed by atoms with Crippen molar-refractivity contribution < 1.29 is 8.42 Å². The van der Waals surface area contributed by atoms with Gasteiger partial charge < -0.3 is 4.57 Å². The summed E-state index contributed by atoms with van der Waals surface area (Å²) in [6.45, 7) is 0. The smallest absolute Gasteiger partial charge is 0.264 e. The molecule has 0 saturated carbocycles. The van der Waals surface area contributed by atoms with E-state index in [0.29, 0.717) is 28.0 Å². The lowest BCUT2D eigenvalue weighted by atomic mass is 10.2. The third-order valence-electron chi connectivity index (χ3n) is 5.46. The molecule has 0 fully saturated rings. The average Bonchev–Trinajstić information content (AvgIpc) is 3.17. The van der Waals surface area contributed by atoms with Crippen LogP contribution in [0.4, 0.5) is 5.69 Å². The quantitative estimate of drug-likeness (QED) is 0.336. The lowest BCUT2D eigenvalue weighted by Crippen LogP contribution is -2.13. The van der Waals surface area contributed by atoms with Crippen molar-refractivity contribution in [3.8, 4) is 6.07 Å². The zero-order valence-corrected chi connectivity index (χ0v) is 19.8. The number of hydrogen-bond donors (Lipinski definition) is 1. The van der Waals surface area contributed by atoms with Crippen molar-refractivity contribution in [1.82, 2.24) is 14.5 Å². The molecular weight excluding hydrogens is 466 g/mol. The largest absolute Gasteiger partial charge is 0.330 e. The summed E-state index contributed by atoms with van der Waals surface area (Å²) in [5.41, 5.74) is 3.10. The van der Waals surface area contributed by atoms with Crippen LogP contribution in [-0.4, -0.2) is 23.0 Å². The number of fused-ring (bicyclic) bond motifs is 2. The SMILES string of the molecule is Cn1c(CSc2ccc(C#N)cc2)nc2cc(NS(=O)(=O)c3cccc4cccnc34)ccc21. The molecule has 0 atom stereocenters. The second-order valence-corrected chi connectivity index (χ2v) is 10.4. The maximum Gasteiger partial charge on any atom is 0.264 e. The molecule has 3 aromatic carbocycles. The van der Waals surface area contributed by atoms with Crippen molar-refractivity contribution in [3.63, 3.8) is 0 Å². The monoisotopic (exact) mass is 485 g/mol. The molecule has 34 heavy (non-hydrogen) atoms. The highest BCUT2D eigenvalue weighted by molar-refractivity contribution is 7.98. The number of nitriles is 1. The van der Waals surface area contributed by atoms with Gasteiger partial charge in [-0.05, 0) is 54.6 Å². The Bertz CT molecular complexity index is 1660. The van der Waals surface area contributed by atoms with Gasteiger partial charge in [-0.3, -0.25) is 9.71 Å². The molecule has 5 aromatic rings. The lowest BCUT2D eigenvalue weighted by Gasteiger charge is -2.10. The van der Waals surface area contributed by atoms with E-state index in [2.05, 4.69) is 15.8 Å². The van der Waals surface area contributed by atoms with Gasteiger partial charge >= 0.3 is 0 Å². The molecule has 0 aliphatic rings. The zero-order chi connectivity index (χ0) is 23.7. The number of rotatable bonds is 6. The van der Waals surface area contributed by atoms with Gasteiger partial charge in [0.15, 0.2) is 0 Å². The second kappa shape index (κ2) is 8.82. The van der Waals surface area contributed by atoms with Crippen LogP contribution in [0, 0.1) is 11.3 Å². The second-order valence-electron chi connectivity index (χ2n) is 7.65. The molecule has 0 spiro atoms. The molecule has 0 radical (unpaired) electrons. The molecular formula is C25H19N5O2S2. The first-order valence-electron chi connectivity index (χ1n) is 10.4. The van der Waals surface area contributed by atoms with Gasteiger partial charge in [0.2, 0.25) is 0 Å². The first-order valence-corrected chi connectivity index (χ1v) is 12.9. The number of aromatic nitrogens is 3. The molecule has 0 aliphatic heterocycles. The minimum atomic E-state index is -3.84. The summed E-state index contributed by atoms with van der Waals surface area (Å²) < 4.78 is 30.9. The van der Waals surface area contributed by atoms with Crippen LogP contribution in [0.15, 0.2) is 88.8 Å². The first-order chi connectivity index (χ1) is 16.4. The number of benzene rings is 3. The fourth-order valence-corrected chi connectivity index (χ4v) is 5.83. The molecule has 5 rings (SSSR count). The van der Waals surface area contributed by atoms with Crippen LogP contribution in [-0.2, 0) is 22.8 Å². The Balaban J connectivity index is 1.40. The topological polar surface area (TPSA) is 101 Å². The van der Waals surface area contributed by atoms with Gasteiger partial charge in [0.1, 0.15) is 10.7 Å². The molecule has 2 aromatic heterocycles. The van der Waals surface area contributed by atoms with Crippen LogP contribution < -0.4 is 4.72 Å². The van der Waals surface area contributed by atoms with E-state index in [9.17, 15) is 8.42 Å². The third kappa shape index (κ3) is 4.21. The average molecular weight is 486 g/mol. The summed E-state index contributed by atoms with van der Waals surface area (Å²) in [6.07, 6.45) is 1.58. The molecule has 0 bridgehead atoms. The van der Waals surface area contributed by atoms with E-state index >= 15 is 0 Å². The van der Waals surface area contributed by atoms with E-state index in [4.69, 9.17) is 10.2 Å². The fourth-order valence-electron chi connectivity index (χ4n) is 3.72. The Kier molecular flexibility index (Phi) is 5.69. The van der Waals surface area contributed by atoms with E-state index in [1.165, 1.54) is 0 Å². The molecule has 168 valence electrons. The number of anilines is 1. The third-order valence-corrected chi connectivity index (χ3v) is 7.88. The van der Waals surface area contributed by atoms with Gasteiger partial charge in [0.25, 0.3) is 10.0 Å². The number of nitrogens with zero attached hydrogens (tertiary/aromatic N) is 4. The van der Waals surface area contributed by atoms with Gasteiger partial charge in [-0.15, -0.1) is 11.8 Å². The van der Waals surface area contributed by atoms with E-state index in [1.54, 1.807) is 60.4 Å². The minimum Gasteiger partial charge on any atom is -0.330 e. The molecule has 0 unspecified atom stereocenters. The van der Waals surface area contributed by atoms with E-state index in [1.807, 2.05) is 41.9 Å². The number of hydrogen-bond acceptors (Lipinski definition) is 6. The summed E-state index contributed by atoms with van der Waals surface area (Å²) in [7, 11) is -1.90. The van der Waals surface area contributed by atoms with Crippen LogP contribution in [0.3, 0.4) is 0 Å². The molecule has 0 aliphatic carbocycles. The van der Waals surface area contributed by atoms with Crippen LogP contribution in [0.1, 0.15) is 11.4 Å². The number of nitrogens with one attached hydrogen (secondary N) is 1. The van der Waals surface area contributed by atoms with Crippen molar-refractivity contribution in [2.24, 2.45) is 7.05 Å². The van der Waals surface area contributed by atoms with Crippen molar-refractivity contribution in [1.29, 1.82) is 5.26 Å². The van der Waals surface area contributed by atoms with Gasteiger partial charge in [-0.25, -0.2) is 13.4 Å². The zero-order valence-electron chi connectivity index (χ0n) is 18.1. The van der Waals surface area contributed by atoms with E-state index < -0.39 is 10.0 Å². The fraction of sp³-hybridized carbons (Fsp3) is 0.0800. The van der Waals surface area contributed by atoms with Crippen LogP contribution in [0.5, 0.6) is 0 Å². The number of thioether (sulfide) groups is 1. The molecule has 2 heterocycles. The van der Waals surface area contributed by atoms with Gasteiger partial charge in [-0.2, -0.15) is 5.26 Å². The van der Waals surface area contributed by atoms with Gasteiger partial charge in [0.05, 0.1) is 39.6 Å².